The van der Waals surface area contributed by atoms with E-state index in [1.165, 1.54) is 7.05 Å². The lowest BCUT2D eigenvalue weighted by Gasteiger charge is -2.19. The van der Waals surface area contributed by atoms with Crippen LogP contribution in [0, 0.1) is 10.7 Å². The quantitative estimate of drug-likeness (QED) is 0.156. The van der Waals surface area contributed by atoms with Crippen LogP contribution in [0.2, 0.25) is 0 Å². The Kier molecular flexibility index (Phi) is 12.4. The van der Waals surface area contributed by atoms with Crippen LogP contribution in [-0.2, 0) is 9.59 Å². The number of nitrogens with one attached hydrogen (secondary N) is 3. The Morgan fingerprint density at radius 1 is 0.968 bits per heavy atom. The molecular formula is C17H20I3N3O8. The van der Waals surface area contributed by atoms with Gasteiger partial charge in [-0.1, -0.05) is 0 Å². The van der Waals surface area contributed by atoms with Gasteiger partial charge in [-0.25, -0.2) is 0 Å². The van der Waals surface area contributed by atoms with Gasteiger partial charge in [-0.2, -0.15) is 0 Å². The lowest BCUT2D eigenvalue weighted by Crippen LogP contribution is -2.36. The van der Waals surface area contributed by atoms with E-state index in [0.29, 0.717) is 7.14 Å². The molecule has 0 aliphatic rings. The van der Waals surface area contributed by atoms with Gasteiger partial charge in [0.05, 0.1) is 37.5 Å². The summed E-state index contributed by atoms with van der Waals surface area (Å²) in [5, 5.41) is 34.5. The molecule has 0 aromatic heterocycles. The molecule has 1 aromatic carbocycles. The predicted octanol–water partition coefficient (Wildman–Crippen LogP) is -1.00. The summed E-state index contributed by atoms with van der Waals surface area (Å²) in [4.78, 5) is 48.5. The van der Waals surface area contributed by atoms with Gasteiger partial charge >= 0.3 is 0 Å². The highest BCUT2D eigenvalue weighted by Gasteiger charge is 2.29. The molecule has 172 valence electrons. The maximum absolute atomic E-state index is 12.8. The van der Waals surface area contributed by atoms with E-state index in [4.69, 9.17) is 14.9 Å². The molecular weight excluding hydrogens is 755 g/mol. The van der Waals surface area contributed by atoms with E-state index in [0.717, 1.165) is 0 Å². The number of aliphatic hydroxyl groups is 3. The number of ether oxygens (including phenoxy) is 1. The Hall–Kier alpha value is -0.830. The minimum atomic E-state index is -1.17. The lowest BCUT2D eigenvalue weighted by molar-refractivity contribution is -0.122. The maximum Gasteiger partial charge on any atom is 0.257 e. The summed E-state index contributed by atoms with van der Waals surface area (Å²) >= 11 is 5.51. The summed E-state index contributed by atoms with van der Waals surface area (Å²) in [6.45, 7) is -2.28. The molecule has 0 aliphatic carbocycles. The van der Waals surface area contributed by atoms with E-state index >= 15 is 0 Å². The zero-order chi connectivity index (χ0) is 23.7. The molecule has 0 saturated heterocycles. The predicted molar refractivity (Wildman–Crippen MR) is 134 cm³/mol. The van der Waals surface area contributed by atoms with Crippen LogP contribution in [0.1, 0.15) is 20.7 Å². The van der Waals surface area contributed by atoms with E-state index in [2.05, 4.69) is 16.0 Å². The second-order valence-electron chi connectivity index (χ2n) is 5.91. The topological polar surface area (TPSA) is 174 Å². The highest BCUT2D eigenvalue weighted by Crippen LogP contribution is 2.37. The van der Waals surface area contributed by atoms with Gasteiger partial charge in [-0.05, 0) is 67.8 Å². The Bertz CT molecular complexity index is 866. The third kappa shape index (κ3) is 7.91. The van der Waals surface area contributed by atoms with Gasteiger partial charge in [0.2, 0.25) is 0 Å². The van der Waals surface area contributed by atoms with Crippen LogP contribution in [0.5, 0.6) is 5.75 Å². The van der Waals surface area contributed by atoms with E-state index in [9.17, 15) is 24.3 Å². The Balaban J connectivity index is 3.46. The smallest absolute Gasteiger partial charge is 0.257 e. The van der Waals surface area contributed by atoms with Crippen molar-refractivity contribution in [1.82, 2.24) is 16.0 Å². The van der Waals surface area contributed by atoms with E-state index in [1.54, 1.807) is 0 Å². The highest BCUT2D eigenvalue weighted by atomic mass is 127. The first-order chi connectivity index (χ1) is 14.6. The first kappa shape index (κ1) is 28.2. The Labute approximate surface area is 218 Å². The second kappa shape index (κ2) is 13.7. The first-order valence-corrected chi connectivity index (χ1v) is 11.8. The first-order valence-electron chi connectivity index (χ1n) is 8.60. The number of rotatable bonds is 11. The van der Waals surface area contributed by atoms with Gasteiger partial charge in [-0.15, -0.1) is 0 Å². The zero-order valence-corrected chi connectivity index (χ0v) is 22.6. The average molecular weight is 775 g/mol. The standard InChI is InChI=1S/C17H20I3N3O8/c1-21-9(28)6-31-15-13(19)10(16(29)22-2-7(26)4-24)12(18)11(14(15)20)17(30)23-3-8(27)5-25/h7,24-26H,2-6H2,1H3,(H,21,28)(H,22,29)(H,23,30). The lowest BCUT2D eigenvalue weighted by atomic mass is 10.1. The molecule has 11 nitrogen and oxygen atoms in total. The molecule has 0 aliphatic heterocycles. The van der Waals surface area contributed by atoms with Gasteiger partial charge in [0.1, 0.15) is 12.4 Å². The van der Waals surface area contributed by atoms with Crippen molar-refractivity contribution in [2.24, 2.45) is 0 Å². The van der Waals surface area contributed by atoms with Crippen molar-refractivity contribution in [2.75, 3.05) is 40.0 Å². The molecule has 6 N–H and O–H groups in total. The zero-order valence-electron chi connectivity index (χ0n) is 16.1. The monoisotopic (exact) mass is 775 g/mol. The van der Waals surface area contributed by atoms with Gasteiger partial charge in [0, 0.05) is 17.2 Å². The number of hydrogen-bond acceptors (Lipinski definition) is 8. The average Bonchev–Trinajstić information content (AvgIpc) is 2.74. The summed E-state index contributed by atoms with van der Waals surface area (Å²) in [6, 6.07) is 0. The molecule has 0 bridgehead atoms. The summed E-state index contributed by atoms with van der Waals surface area (Å²) in [6.07, 6.45) is -1.17. The minimum Gasteiger partial charge on any atom is -0.481 e. The van der Waals surface area contributed by atoms with Crippen LogP contribution in [-0.4, -0.2) is 84.9 Å². The molecule has 0 saturated carbocycles. The molecule has 0 spiro atoms. The molecule has 0 fully saturated rings. The summed E-state index contributed by atoms with van der Waals surface area (Å²) in [5.41, 5.74) is 0.115. The molecule has 0 radical (unpaired) electrons. The van der Waals surface area contributed by atoms with Crippen molar-refractivity contribution in [1.29, 1.82) is 0 Å². The van der Waals surface area contributed by atoms with Gasteiger partial charge in [0.15, 0.2) is 12.4 Å². The van der Waals surface area contributed by atoms with E-state index in [1.807, 2.05) is 67.8 Å². The van der Waals surface area contributed by atoms with Crippen LogP contribution in [0.4, 0.5) is 0 Å². The molecule has 3 amide bonds. The number of ketones is 1. The number of hydrogen-bond donors (Lipinski definition) is 6. The Morgan fingerprint density at radius 3 is 2.00 bits per heavy atom. The fraction of sp³-hybridized carbons (Fsp3) is 0.412. The number of Topliss-reactive ketones (excluding diaryl/α,β-unsaturated/α-hetero) is 1. The number of benzene rings is 1. The highest BCUT2D eigenvalue weighted by molar-refractivity contribution is 14.1. The van der Waals surface area contributed by atoms with Gasteiger partial charge in [-0.3, -0.25) is 19.2 Å². The molecule has 14 heteroatoms. The molecule has 31 heavy (non-hydrogen) atoms. The third-order valence-electron chi connectivity index (χ3n) is 3.69. The fourth-order valence-electron chi connectivity index (χ4n) is 2.06. The molecule has 1 atom stereocenters. The van der Waals surface area contributed by atoms with Crippen LogP contribution < -0.4 is 20.7 Å². The molecule has 1 rings (SSSR count). The number of carbonyl (C=O) groups excluding carboxylic acids is 4. The van der Waals surface area contributed by atoms with Crippen LogP contribution >= 0.6 is 67.8 Å². The molecule has 1 aromatic rings. The van der Waals surface area contributed by atoms with Gasteiger partial charge in [0.25, 0.3) is 17.7 Å². The number of likely N-dealkylation sites (N-methyl/N-ethyl adjacent to an activating group) is 1. The van der Waals surface area contributed by atoms with Crippen molar-refractivity contribution in [3.8, 4) is 5.75 Å². The number of aliphatic hydroxyl groups excluding tert-OH is 3. The van der Waals surface area contributed by atoms with E-state index in [-0.39, 0.29) is 33.6 Å². The van der Waals surface area contributed by atoms with Crippen molar-refractivity contribution in [3.63, 3.8) is 0 Å². The molecule has 0 heterocycles. The SMILES string of the molecule is CNC(=O)COc1c(I)c(C(=O)NCC(=O)CO)c(I)c(C(=O)NCC(O)CO)c1I. The third-order valence-corrected chi connectivity index (χ3v) is 6.83. The largest absolute Gasteiger partial charge is 0.481 e. The van der Waals surface area contributed by atoms with Crippen molar-refractivity contribution in [3.05, 3.63) is 21.8 Å². The molecule has 1 unspecified atom stereocenters. The number of carbonyl (C=O) groups is 4. The minimum absolute atomic E-state index is 0.0483. The number of halogens is 3. The summed E-state index contributed by atoms with van der Waals surface area (Å²) in [5.74, 6) is -2.22. The maximum atomic E-state index is 12.8. The van der Waals surface area contributed by atoms with Crippen LogP contribution in [0.3, 0.4) is 0 Å². The van der Waals surface area contributed by atoms with Crippen molar-refractivity contribution < 1.29 is 39.2 Å². The van der Waals surface area contributed by atoms with Crippen molar-refractivity contribution in [2.45, 2.75) is 6.10 Å². The summed E-state index contributed by atoms with van der Waals surface area (Å²) in [7, 11) is 1.43. The fourth-order valence-corrected chi connectivity index (χ4v) is 6.52. The normalized spacial score (nSPS) is 11.5. The van der Waals surface area contributed by atoms with Gasteiger partial charge < -0.3 is 36.0 Å². The number of amides is 3. The van der Waals surface area contributed by atoms with Crippen LogP contribution in [0.25, 0.3) is 0 Å². The van der Waals surface area contributed by atoms with E-state index < -0.39 is 49.4 Å². The van der Waals surface area contributed by atoms with Crippen LogP contribution in [0.15, 0.2) is 0 Å². The van der Waals surface area contributed by atoms with Crippen molar-refractivity contribution >= 4 is 91.3 Å². The second-order valence-corrected chi connectivity index (χ2v) is 9.15. The Morgan fingerprint density at radius 2 is 1.52 bits per heavy atom. The summed E-state index contributed by atoms with van der Waals surface area (Å²) < 4.78 is 6.46.